The van der Waals surface area contributed by atoms with Gasteiger partial charge in [0.1, 0.15) is 0 Å². The Morgan fingerprint density at radius 2 is 2.30 bits per heavy atom. The third-order valence-corrected chi connectivity index (χ3v) is 2.41. The van der Waals surface area contributed by atoms with Crippen molar-refractivity contribution in [1.29, 1.82) is 0 Å². The van der Waals surface area contributed by atoms with Gasteiger partial charge in [0.2, 0.25) is 0 Å². The Morgan fingerprint density at radius 1 is 1.60 bits per heavy atom. The van der Waals surface area contributed by atoms with Gasteiger partial charge in [0.15, 0.2) is 0 Å². The molecule has 0 bridgehead atoms. The minimum atomic E-state index is 0.356. The zero-order valence-corrected chi connectivity index (χ0v) is 7.57. The standard InChI is InChI=1S/C7H16NOP/c1-5-2-6(8)3-7(4-10)9-5/h5-7H,2-4,8,10H2,1H3/t5-,6+,7-/m1/s1. The highest BCUT2D eigenvalue weighted by Crippen LogP contribution is 2.18. The molecule has 0 radical (unpaired) electrons. The predicted octanol–water partition coefficient (Wildman–Crippen LogP) is 0.756. The first kappa shape index (κ1) is 8.45. The summed E-state index contributed by atoms with van der Waals surface area (Å²) in [4.78, 5) is 0. The van der Waals surface area contributed by atoms with Crippen LogP contribution in [0.15, 0.2) is 0 Å². The van der Waals surface area contributed by atoms with E-state index in [0.29, 0.717) is 18.2 Å². The maximum Gasteiger partial charge on any atom is 0.0627 e. The van der Waals surface area contributed by atoms with Gasteiger partial charge in [-0.05, 0) is 25.9 Å². The van der Waals surface area contributed by atoms with Crippen LogP contribution in [-0.2, 0) is 4.74 Å². The van der Waals surface area contributed by atoms with Crippen molar-refractivity contribution in [2.45, 2.75) is 38.0 Å². The van der Waals surface area contributed by atoms with Gasteiger partial charge in [-0.25, -0.2) is 0 Å². The first-order valence-electron chi connectivity index (χ1n) is 3.83. The van der Waals surface area contributed by atoms with Gasteiger partial charge in [0.05, 0.1) is 12.2 Å². The largest absolute Gasteiger partial charge is 0.375 e. The molecule has 0 aromatic carbocycles. The molecule has 0 saturated carbocycles. The highest BCUT2D eigenvalue weighted by atomic mass is 31.0. The summed E-state index contributed by atoms with van der Waals surface area (Å²) in [5.74, 6) is 0. The highest BCUT2D eigenvalue weighted by Gasteiger charge is 2.22. The van der Waals surface area contributed by atoms with Crippen LogP contribution >= 0.6 is 9.24 Å². The fourth-order valence-corrected chi connectivity index (χ4v) is 1.76. The molecule has 0 aliphatic carbocycles. The molecule has 60 valence electrons. The lowest BCUT2D eigenvalue weighted by Crippen LogP contribution is -2.39. The minimum Gasteiger partial charge on any atom is -0.375 e. The van der Waals surface area contributed by atoms with Crippen molar-refractivity contribution in [3.8, 4) is 0 Å². The van der Waals surface area contributed by atoms with E-state index in [1.54, 1.807) is 0 Å². The van der Waals surface area contributed by atoms with Crippen LogP contribution in [-0.4, -0.2) is 24.4 Å². The summed E-state index contributed by atoms with van der Waals surface area (Å²) in [7, 11) is 2.70. The Morgan fingerprint density at radius 3 is 2.80 bits per heavy atom. The van der Waals surface area contributed by atoms with Gasteiger partial charge in [0.25, 0.3) is 0 Å². The summed E-state index contributed by atoms with van der Waals surface area (Å²) in [6.45, 7) is 2.09. The third-order valence-electron chi connectivity index (χ3n) is 1.89. The van der Waals surface area contributed by atoms with Gasteiger partial charge in [0, 0.05) is 6.04 Å². The van der Waals surface area contributed by atoms with Crippen molar-refractivity contribution in [3.63, 3.8) is 0 Å². The van der Waals surface area contributed by atoms with E-state index < -0.39 is 0 Å². The van der Waals surface area contributed by atoms with Gasteiger partial charge in [-0.3, -0.25) is 0 Å². The average molecular weight is 161 g/mol. The molecule has 10 heavy (non-hydrogen) atoms. The van der Waals surface area contributed by atoms with Crippen LogP contribution in [0, 0.1) is 0 Å². The van der Waals surface area contributed by atoms with Crippen LogP contribution in [0.2, 0.25) is 0 Å². The summed E-state index contributed by atoms with van der Waals surface area (Å²) in [5, 5.41) is 0. The molecule has 1 saturated heterocycles. The van der Waals surface area contributed by atoms with Gasteiger partial charge in [-0.1, -0.05) is 0 Å². The van der Waals surface area contributed by atoms with Crippen LogP contribution in [0.3, 0.4) is 0 Å². The van der Waals surface area contributed by atoms with Gasteiger partial charge in [-0.2, -0.15) is 0 Å². The molecule has 0 aromatic rings. The van der Waals surface area contributed by atoms with Crippen molar-refractivity contribution >= 4 is 9.24 Å². The van der Waals surface area contributed by atoms with Crippen LogP contribution in [0.4, 0.5) is 0 Å². The molecule has 1 aliphatic rings. The molecule has 1 unspecified atom stereocenters. The number of hydrogen-bond acceptors (Lipinski definition) is 2. The second-order valence-electron chi connectivity index (χ2n) is 3.04. The van der Waals surface area contributed by atoms with Gasteiger partial charge < -0.3 is 10.5 Å². The van der Waals surface area contributed by atoms with E-state index in [2.05, 4.69) is 16.2 Å². The average Bonchev–Trinajstić information content (AvgIpc) is 1.85. The number of nitrogens with two attached hydrogens (primary N) is 1. The van der Waals surface area contributed by atoms with Gasteiger partial charge >= 0.3 is 0 Å². The number of hydrogen-bond donors (Lipinski definition) is 1. The van der Waals surface area contributed by atoms with Crippen LogP contribution in [0.25, 0.3) is 0 Å². The zero-order chi connectivity index (χ0) is 7.56. The molecule has 3 heteroatoms. The predicted molar refractivity (Wildman–Crippen MR) is 46.1 cm³/mol. The molecule has 2 nitrogen and oxygen atoms in total. The van der Waals surface area contributed by atoms with E-state index >= 15 is 0 Å². The molecular weight excluding hydrogens is 145 g/mol. The molecule has 1 fully saturated rings. The second-order valence-corrected chi connectivity index (χ2v) is 3.51. The van der Waals surface area contributed by atoms with Crippen molar-refractivity contribution < 1.29 is 4.74 Å². The van der Waals surface area contributed by atoms with E-state index in [0.717, 1.165) is 19.0 Å². The summed E-state index contributed by atoms with van der Waals surface area (Å²) in [5.41, 5.74) is 5.80. The smallest absolute Gasteiger partial charge is 0.0627 e. The van der Waals surface area contributed by atoms with Crippen LogP contribution in [0.1, 0.15) is 19.8 Å². The highest BCUT2D eigenvalue weighted by molar-refractivity contribution is 7.16. The normalized spacial score (nSPS) is 41.7. The number of rotatable bonds is 1. The molecule has 1 aliphatic heterocycles. The number of ether oxygens (including phenoxy) is 1. The topological polar surface area (TPSA) is 35.2 Å². The Bertz CT molecular complexity index is 99.8. The first-order valence-corrected chi connectivity index (χ1v) is 4.65. The molecule has 1 rings (SSSR count). The molecular formula is C7H16NOP. The van der Waals surface area contributed by atoms with E-state index in [9.17, 15) is 0 Å². The Balaban J connectivity index is 2.35. The van der Waals surface area contributed by atoms with Crippen molar-refractivity contribution in [3.05, 3.63) is 0 Å². The molecule has 0 spiro atoms. The SMILES string of the molecule is C[C@@H]1C[C@H](N)C[C@H](CP)O1. The van der Waals surface area contributed by atoms with Crippen molar-refractivity contribution in [2.24, 2.45) is 5.73 Å². The Labute approximate surface area is 64.7 Å². The van der Waals surface area contributed by atoms with Crippen molar-refractivity contribution in [2.75, 3.05) is 6.16 Å². The maximum absolute atomic E-state index is 5.80. The Kier molecular flexibility index (Phi) is 3.09. The molecule has 1 heterocycles. The lowest BCUT2D eigenvalue weighted by Gasteiger charge is -2.31. The first-order chi connectivity index (χ1) is 4.72. The van der Waals surface area contributed by atoms with Crippen molar-refractivity contribution in [1.82, 2.24) is 0 Å². The lowest BCUT2D eigenvalue weighted by atomic mass is 10.0. The monoisotopic (exact) mass is 161 g/mol. The van der Waals surface area contributed by atoms with Crippen LogP contribution < -0.4 is 5.73 Å². The molecule has 2 N–H and O–H groups in total. The molecule has 0 amide bonds. The quantitative estimate of drug-likeness (QED) is 0.576. The fourth-order valence-electron chi connectivity index (χ4n) is 1.45. The summed E-state index contributed by atoms with van der Waals surface area (Å²) in [6.07, 6.45) is 3.78. The summed E-state index contributed by atoms with van der Waals surface area (Å²) >= 11 is 0. The second kappa shape index (κ2) is 3.66. The summed E-state index contributed by atoms with van der Waals surface area (Å²) in [6, 6.07) is 0.356. The van der Waals surface area contributed by atoms with Gasteiger partial charge in [-0.15, -0.1) is 9.24 Å². The van der Waals surface area contributed by atoms with E-state index in [-0.39, 0.29) is 0 Å². The molecule has 0 aromatic heterocycles. The minimum absolute atomic E-state index is 0.356. The Hall–Kier alpha value is 0.350. The van der Waals surface area contributed by atoms with E-state index in [1.165, 1.54) is 0 Å². The van der Waals surface area contributed by atoms with E-state index in [1.807, 2.05) is 0 Å². The van der Waals surface area contributed by atoms with E-state index in [4.69, 9.17) is 10.5 Å². The fraction of sp³-hybridized carbons (Fsp3) is 1.00. The molecule has 4 atom stereocenters. The van der Waals surface area contributed by atoms with Crippen LogP contribution in [0.5, 0.6) is 0 Å². The zero-order valence-electron chi connectivity index (χ0n) is 6.42. The maximum atomic E-state index is 5.80. The lowest BCUT2D eigenvalue weighted by molar-refractivity contribution is -0.0341. The summed E-state index contributed by atoms with van der Waals surface area (Å²) < 4.78 is 5.60. The third kappa shape index (κ3) is 2.19.